The molecule has 0 amide bonds. The van der Waals surface area contributed by atoms with E-state index >= 15 is 0 Å². The Bertz CT molecular complexity index is 450. The molecule has 1 aromatic carbocycles. The molecule has 2 rings (SSSR count). The summed E-state index contributed by atoms with van der Waals surface area (Å²) in [6.07, 6.45) is 0.0661. The topological polar surface area (TPSA) is 50.2 Å². The van der Waals surface area contributed by atoms with Gasteiger partial charge in [-0.25, -0.2) is 0 Å². The third kappa shape index (κ3) is 1.64. The Morgan fingerprint density at radius 1 is 1.54 bits per heavy atom. The first-order chi connectivity index (χ1) is 6.27. The van der Waals surface area contributed by atoms with Crippen molar-refractivity contribution in [2.45, 2.75) is 6.42 Å². The Morgan fingerprint density at radius 3 is 3.15 bits per heavy atom. The van der Waals surface area contributed by atoms with E-state index in [0.717, 1.165) is 11.1 Å². The minimum atomic E-state index is -0.803. The molecule has 0 atom stereocenters. The van der Waals surface area contributed by atoms with Crippen molar-refractivity contribution in [1.82, 2.24) is 4.98 Å². The molecule has 0 aliphatic rings. The molecule has 1 heterocycles. The van der Waals surface area contributed by atoms with E-state index in [0.29, 0.717) is 14.5 Å². The molecule has 13 heavy (non-hydrogen) atoms. The van der Waals surface area contributed by atoms with Gasteiger partial charge in [-0.05, 0) is 0 Å². The number of hydrogen-bond donors (Lipinski definition) is 1. The van der Waals surface area contributed by atoms with Gasteiger partial charge in [-0.2, -0.15) is 0 Å². The van der Waals surface area contributed by atoms with Crippen molar-refractivity contribution in [2.24, 2.45) is 0 Å². The van der Waals surface area contributed by atoms with Gasteiger partial charge in [-0.1, -0.05) is 0 Å². The zero-order chi connectivity index (χ0) is 9.26. The van der Waals surface area contributed by atoms with Gasteiger partial charge in [0.25, 0.3) is 0 Å². The molecule has 0 saturated heterocycles. The molecule has 0 aliphatic carbocycles. The van der Waals surface area contributed by atoms with E-state index in [-0.39, 0.29) is 6.42 Å². The second-order valence-electron chi connectivity index (χ2n) is 2.69. The first kappa shape index (κ1) is 8.48. The van der Waals surface area contributed by atoms with E-state index < -0.39 is 5.97 Å². The summed E-state index contributed by atoms with van der Waals surface area (Å²) in [5.41, 5.74) is 1.70. The number of aromatic nitrogens is 1. The first-order valence-corrected chi connectivity index (χ1v) is 5.65. The van der Waals surface area contributed by atoms with Gasteiger partial charge in [0.15, 0.2) is 0 Å². The normalized spacial score (nSPS) is 10.5. The van der Waals surface area contributed by atoms with Crippen molar-refractivity contribution < 1.29 is 9.90 Å². The molecule has 0 unspecified atom stereocenters. The SMILES string of the molecule is O=C(O)Cc1cccc2[se]cnc12. The summed E-state index contributed by atoms with van der Waals surface area (Å²) in [6, 6.07) is 5.73. The minimum absolute atomic E-state index is 0.0661. The van der Waals surface area contributed by atoms with Gasteiger partial charge in [-0.3, -0.25) is 0 Å². The summed E-state index contributed by atoms with van der Waals surface area (Å²) < 4.78 is 1.19. The zero-order valence-electron chi connectivity index (χ0n) is 6.73. The van der Waals surface area contributed by atoms with Crippen LogP contribution in [0.1, 0.15) is 5.56 Å². The van der Waals surface area contributed by atoms with Crippen LogP contribution in [0.4, 0.5) is 0 Å². The van der Waals surface area contributed by atoms with Gasteiger partial charge >= 0.3 is 80.4 Å². The summed E-state index contributed by atoms with van der Waals surface area (Å²) >= 11 is 0.295. The molecule has 0 spiro atoms. The van der Waals surface area contributed by atoms with Crippen molar-refractivity contribution in [1.29, 1.82) is 0 Å². The van der Waals surface area contributed by atoms with E-state index in [1.54, 1.807) is 0 Å². The van der Waals surface area contributed by atoms with E-state index in [4.69, 9.17) is 5.11 Å². The van der Waals surface area contributed by atoms with Crippen LogP contribution in [0.5, 0.6) is 0 Å². The molecule has 2 aromatic rings. The fourth-order valence-electron chi connectivity index (χ4n) is 1.25. The van der Waals surface area contributed by atoms with E-state index in [1.165, 1.54) is 4.26 Å². The second-order valence-corrected chi connectivity index (χ2v) is 4.55. The zero-order valence-corrected chi connectivity index (χ0v) is 8.44. The van der Waals surface area contributed by atoms with E-state index in [9.17, 15) is 4.79 Å². The predicted molar refractivity (Wildman–Crippen MR) is 50.0 cm³/mol. The Kier molecular flexibility index (Phi) is 2.17. The standard InChI is InChI=1S/C9H7NO2Se/c11-8(12)4-6-2-1-3-7-9(6)10-5-13-7/h1-3,5H,4H2,(H,11,12). The van der Waals surface area contributed by atoms with Gasteiger partial charge in [0.05, 0.1) is 0 Å². The van der Waals surface area contributed by atoms with Crippen molar-refractivity contribution in [2.75, 3.05) is 0 Å². The van der Waals surface area contributed by atoms with Crippen LogP contribution < -0.4 is 0 Å². The summed E-state index contributed by atoms with van der Waals surface area (Å²) in [6.45, 7) is 0. The maximum absolute atomic E-state index is 10.5. The molecule has 0 radical (unpaired) electrons. The Labute approximate surface area is 80.8 Å². The molecular formula is C9H7NO2Se. The number of benzene rings is 1. The van der Waals surface area contributed by atoms with E-state index in [1.807, 2.05) is 23.3 Å². The Morgan fingerprint density at radius 2 is 2.38 bits per heavy atom. The molecule has 0 aliphatic heterocycles. The van der Waals surface area contributed by atoms with Gasteiger partial charge < -0.3 is 0 Å². The number of para-hydroxylation sites is 1. The van der Waals surface area contributed by atoms with Gasteiger partial charge in [-0.15, -0.1) is 0 Å². The van der Waals surface area contributed by atoms with Crippen molar-refractivity contribution in [3.8, 4) is 0 Å². The summed E-state index contributed by atoms with van der Waals surface area (Å²) in [7, 11) is 0. The van der Waals surface area contributed by atoms with Crippen molar-refractivity contribution >= 4 is 30.2 Å². The summed E-state index contributed by atoms with van der Waals surface area (Å²) in [5.74, 6) is -0.803. The maximum atomic E-state index is 10.5. The third-order valence-corrected chi connectivity index (χ3v) is 3.45. The van der Waals surface area contributed by atoms with Gasteiger partial charge in [0, 0.05) is 0 Å². The van der Waals surface area contributed by atoms with Crippen LogP contribution in [0.15, 0.2) is 23.3 Å². The van der Waals surface area contributed by atoms with Crippen LogP contribution in [-0.2, 0) is 11.2 Å². The van der Waals surface area contributed by atoms with E-state index in [2.05, 4.69) is 4.98 Å². The average molecular weight is 240 g/mol. The van der Waals surface area contributed by atoms with Crippen LogP contribution in [0.25, 0.3) is 9.78 Å². The Balaban J connectivity index is 2.54. The molecular weight excluding hydrogens is 233 g/mol. The molecule has 0 bridgehead atoms. The van der Waals surface area contributed by atoms with Crippen LogP contribution in [0.2, 0.25) is 0 Å². The second kappa shape index (κ2) is 3.32. The molecule has 1 aromatic heterocycles. The summed E-state index contributed by atoms with van der Waals surface area (Å²) in [4.78, 5) is 14.7. The van der Waals surface area contributed by atoms with Crippen LogP contribution in [0.3, 0.4) is 0 Å². The number of aliphatic carboxylic acids is 1. The summed E-state index contributed by atoms with van der Waals surface area (Å²) in [5, 5.41) is 10.5. The average Bonchev–Trinajstić information content (AvgIpc) is 2.51. The molecule has 0 fully saturated rings. The van der Waals surface area contributed by atoms with Crippen molar-refractivity contribution in [3.63, 3.8) is 0 Å². The fourth-order valence-corrected chi connectivity index (χ4v) is 2.77. The molecule has 0 saturated carbocycles. The predicted octanol–water partition coefficient (Wildman–Crippen LogP) is 0.919. The van der Waals surface area contributed by atoms with Crippen LogP contribution in [0, 0.1) is 0 Å². The number of rotatable bonds is 2. The monoisotopic (exact) mass is 241 g/mol. The van der Waals surface area contributed by atoms with Crippen molar-refractivity contribution in [3.05, 3.63) is 28.8 Å². The van der Waals surface area contributed by atoms with Gasteiger partial charge in [0.1, 0.15) is 0 Å². The van der Waals surface area contributed by atoms with Crippen LogP contribution in [-0.4, -0.2) is 30.6 Å². The Hall–Kier alpha value is -1.12. The fraction of sp³-hybridized carbons (Fsp3) is 0.111. The molecule has 1 N–H and O–H groups in total. The number of carbonyl (C=O) groups is 1. The number of nitrogens with zero attached hydrogens (tertiary/aromatic N) is 1. The quantitative estimate of drug-likeness (QED) is 0.794. The first-order valence-electron chi connectivity index (χ1n) is 3.80. The third-order valence-electron chi connectivity index (χ3n) is 1.79. The number of carboxylic acid groups (broad SMARTS) is 1. The number of carboxylic acids is 1. The molecule has 66 valence electrons. The van der Waals surface area contributed by atoms with Gasteiger partial charge in [0.2, 0.25) is 0 Å². The molecule has 4 heteroatoms. The molecule has 3 nitrogen and oxygen atoms in total. The van der Waals surface area contributed by atoms with Crippen LogP contribution >= 0.6 is 0 Å². The number of fused-ring (bicyclic) bond motifs is 1. The number of hydrogen-bond acceptors (Lipinski definition) is 2.